The van der Waals surface area contributed by atoms with E-state index < -0.39 is 0 Å². The van der Waals surface area contributed by atoms with Gasteiger partial charge in [0, 0.05) is 32.3 Å². The highest BCUT2D eigenvalue weighted by Gasteiger charge is 2.22. The topological polar surface area (TPSA) is 43.8 Å². The van der Waals surface area contributed by atoms with E-state index in [9.17, 15) is 4.79 Å². The molecule has 0 atom stereocenters. The molecule has 1 fully saturated rings. The summed E-state index contributed by atoms with van der Waals surface area (Å²) < 4.78 is 0. The number of aliphatic hydroxyl groups is 1. The largest absolute Gasteiger partial charge is 0.396 e. The Bertz CT molecular complexity index is 248. The Kier molecular flexibility index (Phi) is 6.65. The Hall–Kier alpha value is -0.610. The lowest BCUT2D eigenvalue weighted by molar-refractivity contribution is -0.134. The highest BCUT2D eigenvalue weighted by atomic mass is 16.3. The summed E-state index contributed by atoms with van der Waals surface area (Å²) in [4.78, 5) is 16.3. The van der Waals surface area contributed by atoms with Gasteiger partial charge in [0.05, 0.1) is 6.54 Å². The van der Waals surface area contributed by atoms with Crippen LogP contribution in [0.25, 0.3) is 0 Å². The third kappa shape index (κ3) is 4.94. The van der Waals surface area contributed by atoms with Gasteiger partial charge in [0.2, 0.25) is 5.91 Å². The molecule has 0 unspecified atom stereocenters. The predicted octanol–water partition coefficient (Wildman–Crippen LogP) is 1.34. The molecular weight excluding hydrogens is 228 g/mol. The number of aliphatic hydroxyl groups excluding tert-OH is 1. The molecule has 1 saturated heterocycles. The van der Waals surface area contributed by atoms with Crippen molar-refractivity contribution in [2.75, 3.05) is 32.8 Å². The van der Waals surface area contributed by atoms with Crippen LogP contribution in [-0.4, -0.2) is 59.6 Å². The van der Waals surface area contributed by atoms with Crippen LogP contribution < -0.4 is 0 Å². The van der Waals surface area contributed by atoms with Gasteiger partial charge in [0.15, 0.2) is 0 Å². The van der Waals surface area contributed by atoms with E-state index in [0.29, 0.717) is 12.6 Å². The smallest absolute Gasteiger partial charge is 0.236 e. The van der Waals surface area contributed by atoms with Crippen LogP contribution in [0, 0.1) is 5.92 Å². The average molecular weight is 256 g/mol. The Labute approximate surface area is 111 Å². The molecule has 1 rings (SSSR count). The van der Waals surface area contributed by atoms with Crippen molar-refractivity contribution in [1.82, 2.24) is 9.80 Å². The first-order valence-corrected chi connectivity index (χ1v) is 7.17. The maximum Gasteiger partial charge on any atom is 0.236 e. The van der Waals surface area contributed by atoms with E-state index in [1.807, 2.05) is 4.90 Å². The molecule has 18 heavy (non-hydrogen) atoms. The second-order valence-electron chi connectivity index (χ2n) is 5.70. The molecule has 0 saturated carbocycles. The second-order valence-corrected chi connectivity index (χ2v) is 5.70. The van der Waals surface area contributed by atoms with Gasteiger partial charge >= 0.3 is 0 Å². The number of carbonyl (C=O) groups excluding carboxylic acids is 1. The molecule has 1 heterocycles. The zero-order valence-corrected chi connectivity index (χ0v) is 12.1. The summed E-state index contributed by atoms with van der Waals surface area (Å²) >= 11 is 0. The molecule has 1 aliphatic rings. The fourth-order valence-electron chi connectivity index (χ4n) is 2.33. The summed E-state index contributed by atoms with van der Waals surface area (Å²) in [6, 6.07) is 0.351. The minimum Gasteiger partial charge on any atom is -0.396 e. The molecule has 1 amide bonds. The summed E-state index contributed by atoms with van der Waals surface area (Å²) in [5.41, 5.74) is 0. The maximum absolute atomic E-state index is 12.2. The molecule has 0 aromatic carbocycles. The van der Waals surface area contributed by atoms with Crippen molar-refractivity contribution in [2.24, 2.45) is 5.92 Å². The number of hydrogen-bond acceptors (Lipinski definition) is 3. The van der Waals surface area contributed by atoms with Crippen molar-refractivity contribution >= 4 is 5.91 Å². The lowest BCUT2D eigenvalue weighted by atomic mass is 9.99. The van der Waals surface area contributed by atoms with Crippen molar-refractivity contribution in [2.45, 2.75) is 46.1 Å². The fourth-order valence-corrected chi connectivity index (χ4v) is 2.33. The first kappa shape index (κ1) is 15.4. The van der Waals surface area contributed by atoms with Gasteiger partial charge in [0.25, 0.3) is 0 Å². The van der Waals surface area contributed by atoms with Crippen molar-refractivity contribution in [1.29, 1.82) is 0 Å². The Morgan fingerprint density at radius 3 is 2.50 bits per heavy atom. The normalized spacial score (nSPS) is 17.8. The molecule has 1 aliphatic heterocycles. The molecule has 0 aliphatic carbocycles. The molecule has 0 aromatic rings. The van der Waals surface area contributed by atoms with Crippen LogP contribution in [0.2, 0.25) is 0 Å². The van der Waals surface area contributed by atoms with E-state index in [1.54, 1.807) is 0 Å². The van der Waals surface area contributed by atoms with E-state index in [-0.39, 0.29) is 12.5 Å². The number of carbonyl (C=O) groups is 1. The van der Waals surface area contributed by atoms with Crippen molar-refractivity contribution in [3.63, 3.8) is 0 Å². The third-order valence-corrected chi connectivity index (χ3v) is 3.81. The number of amides is 1. The van der Waals surface area contributed by atoms with Gasteiger partial charge in [0.1, 0.15) is 0 Å². The summed E-state index contributed by atoms with van der Waals surface area (Å²) in [6.07, 6.45) is 3.00. The number of piperidine rings is 1. The quantitative estimate of drug-likeness (QED) is 0.780. The Balaban J connectivity index is 2.40. The van der Waals surface area contributed by atoms with Crippen LogP contribution in [-0.2, 0) is 4.79 Å². The molecule has 4 nitrogen and oxygen atoms in total. The van der Waals surface area contributed by atoms with Gasteiger partial charge in [-0.15, -0.1) is 0 Å². The number of likely N-dealkylation sites (tertiary alicyclic amines) is 1. The van der Waals surface area contributed by atoms with Gasteiger partial charge < -0.3 is 10.0 Å². The molecule has 0 spiro atoms. The molecule has 106 valence electrons. The van der Waals surface area contributed by atoms with Crippen molar-refractivity contribution in [3.05, 3.63) is 0 Å². The molecule has 1 N–H and O–H groups in total. The highest BCUT2D eigenvalue weighted by molar-refractivity contribution is 5.78. The lowest BCUT2D eigenvalue weighted by Crippen LogP contribution is -2.46. The van der Waals surface area contributed by atoms with E-state index in [1.165, 1.54) is 0 Å². The van der Waals surface area contributed by atoms with Crippen molar-refractivity contribution < 1.29 is 9.90 Å². The van der Waals surface area contributed by atoms with E-state index in [2.05, 4.69) is 25.7 Å². The summed E-state index contributed by atoms with van der Waals surface area (Å²) in [6.45, 7) is 9.75. The van der Waals surface area contributed by atoms with Gasteiger partial charge in [-0.25, -0.2) is 0 Å². The Morgan fingerprint density at radius 1 is 1.39 bits per heavy atom. The van der Waals surface area contributed by atoms with E-state index in [4.69, 9.17) is 5.11 Å². The molecular formula is C14H28N2O2. The third-order valence-electron chi connectivity index (χ3n) is 3.81. The minimum absolute atomic E-state index is 0.193. The van der Waals surface area contributed by atoms with Crippen LogP contribution in [0.3, 0.4) is 0 Å². The summed E-state index contributed by atoms with van der Waals surface area (Å²) in [7, 11) is 0. The molecule has 4 heteroatoms. The van der Waals surface area contributed by atoms with Crippen LogP contribution in [0.15, 0.2) is 0 Å². The van der Waals surface area contributed by atoms with Gasteiger partial charge in [-0.3, -0.25) is 9.69 Å². The van der Waals surface area contributed by atoms with Gasteiger partial charge in [-0.2, -0.15) is 0 Å². The molecule has 0 aromatic heterocycles. The van der Waals surface area contributed by atoms with Crippen LogP contribution in [0.5, 0.6) is 0 Å². The maximum atomic E-state index is 12.2. The van der Waals surface area contributed by atoms with Crippen LogP contribution in [0.1, 0.15) is 40.0 Å². The number of hydrogen-bond donors (Lipinski definition) is 1. The van der Waals surface area contributed by atoms with Gasteiger partial charge in [-0.1, -0.05) is 6.92 Å². The van der Waals surface area contributed by atoms with Crippen LogP contribution >= 0.6 is 0 Å². The Morgan fingerprint density at radius 2 is 2.00 bits per heavy atom. The number of rotatable bonds is 6. The lowest BCUT2D eigenvalue weighted by Gasteiger charge is -2.33. The fraction of sp³-hybridized carbons (Fsp3) is 0.929. The summed E-state index contributed by atoms with van der Waals surface area (Å²) in [5, 5.41) is 8.89. The van der Waals surface area contributed by atoms with Crippen LogP contribution in [0.4, 0.5) is 0 Å². The zero-order valence-electron chi connectivity index (χ0n) is 12.1. The standard InChI is InChI=1S/C14H28N2O2/c1-12(2)16(7-4-10-17)11-14(18)15-8-5-13(3)6-9-15/h12-13,17H,4-11H2,1-3H3. The first-order chi connectivity index (χ1) is 8.54. The average Bonchev–Trinajstić information content (AvgIpc) is 2.34. The SMILES string of the molecule is CC1CCN(C(=O)CN(CCCO)C(C)C)CC1. The molecule has 0 bridgehead atoms. The molecule has 0 radical (unpaired) electrons. The van der Waals surface area contributed by atoms with Crippen molar-refractivity contribution in [3.8, 4) is 0 Å². The minimum atomic E-state index is 0.193. The zero-order chi connectivity index (χ0) is 13.5. The second kappa shape index (κ2) is 7.74. The number of nitrogens with zero attached hydrogens (tertiary/aromatic N) is 2. The highest BCUT2D eigenvalue weighted by Crippen LogP contribution is 2.16. The van der Waals surface area contributed by atoms with Gasteiger partial charge in [-0.05, 0) is 39.0 Å². The monoisotopic (exact) mass is 256 g/mol. The first-order valence-electron chi connectivity index (χ1n) is 7.17. The predicted molar refractivity (Wildman–Crippen MR) is 73.4 cm³/mol. The summed E-state index contributed by atoms with van der Waals surface area (Å²) in [5.74, 6) is 0.998. The van der Waals surface area contributed by atoms with E-state index >= 15 is 0 Å². The van der Waals surface area contributed by atoms with E-state index in [0.717, 1.165) is 44.8 Å².